The number of fused-ring (bicyclic) bond motifs is 1. The lowest BCUT2D eigenvalue weighted by molar-refractivity contribution is -0.145. The Morgan fingerprint density at radius 2 is 1.89 bits per heavy atom. The number of carbonyl (C=O) groups excluding carboxylic acids is 2. The summed E-state index contributed by atoms with van der Waals surface area (Å²) in [5.74, 6) is 0.536. The van der Waals surface area contributed by atoms with E-state index in [0.29, 0.717) is 56.0 Å². The van der Waals surface area contributed by atoms with E-state index in [-0.39, 0.29) is 42.3 Å². The van der Waals surface area contributed by atoms with E-state index in [1.165, 1.54) is 6.07 Å². The van der Waals surface area contributed by atoms with Gasteiger partial charge in [-0.1, -0.05) is 24.2 Å². The summed E-state index contributed by atoms with van der Waals surface area (Å²) in [5, 5.41) is 4.52. The smallest absolute Gasteiger partial charge is 0.416 e. The van der Waals surface area contributed by atoms with Crippen molar-refractivity contribution in [2.45, 2.75) is 52.1 Å². The second-order valence-electron chi connectivity index (χ2n) is 9.03. The molecule has 3 heterocycles. The lowest BCUT2D eigenvalue weighted by Crippen LogP contribution is -2.35. The lowest BCUT2D eigenvalue weighted by atomic mass is 10.1. The van der Waals surface area contributed by atoms with Crippen molar-refractivity contribution in [3.63, 3.8) is 0 Å². The zero-order valence-electron chi connectivity index (χ0n) is 21.4. The Morgan fingerprint density at radius 3 is 2.63 bits per heavy atom. The summed E-state index contributed by atoms with van der Waals surface area (Å²) in [5.41, 5.74) is -0.103. The van der Waals surface area contributed by atoms with E-state index >= 15 is 0 Å². The Balaban J connectivity index is 1.64. The van der Waals surface area contributed by atoms with Crippen LogP contribution in [0.4, 0.5) is 19.0 Å². The molecule has 1 aromatic carbocycles. The number of esters is 1. The molecule has 0 bridgehead atoms. The van der Waals surface area contributed by atoms with Gasteiger partial charge >= 0.3 is 12.1 Å². The molecule has 38 heavy (non-hydrogen) atoms. The Labute approximate surface area is 217 Å². The molecule has 1 amide bonds. The number of aromatic nitrogens is 3. The summed E-state index contributed by atoms with van der Waals surface area (Å²) in [6.45, 7) is 5.90. The second-order valence-corrected chi connectivity index (χ2v) is 9.03. The lowest BCUT2D eigenvalue weighted by Gasteiger charge is -2.24. The fourth-order valence-electron chi connectivity index (χ4n) is 4.46. The minimum absolute atomic E-state index is 0.0286. The van der Waals surface area contributed by atoms with E-state index in [2.05, 4.69) is 10.1 Å². The average molecular weight is 534 g/mol. The number of benzene rings is 1. The van der Waals surface area contributed by atoms with E-state index in [0.717, 1.165) is 18.6 Å². The minimum atomic E-state index is -4.50. The van der Waals surface area contributed by atoms with Gasteiger partial charge in [-0.2, -0.15) is 18.2 Å². The van der Waals surface area contributed by atoms with Gasteiger partial charge in [0, 0.05) is 44.6 Å². The van der Waals surface area contributed by atoms with Gasteiger partial charge in [-0.3, -0.25) is 9.59 Å². The number of nitrogens with zero attached hydrogens (tertiary/aromatic N) is 5. The van der Waals surface area contributed by atoms with Gasteiger partial charge < -0.3 is 19.1 Å². The van der Waals surface area contributed by atoms with Crippen LogP contribution in [0.3, 0.4) is 0 Å². The third-order valence-electron chi connectivity index (χ3n) is 6.30. The van der Waals surface area contributed by atoms with Crippen LogP contribution in [0.25, 0.3) is 22.4 Å². The number of rotatable bonds is 8. The van der Waals surface area contributed by atoms with Crippen molar-refractivity contribution in [3.05, 3.63) is 35.7 Å². The molecular formula is C26H30F3N5O4. The van der Waals surface area contributed by atoms with Gasteiger partial charge in [0.15, 0.2) is 0 Å². The molecule has 1 aliphatic rings. The third-order valence-corrected chi connectivity index (χ3v) is 6.30. The molecule has 0 spiro atoms. The zero-order chi connectivity index (χ0) is 27.3. The van der Waals surface area contributed by atoms with Crippen molar-refractivity contribution in [3.8, 4) is 11.3 Å². The molecular weight excluding hydrogens is 503 g/mol. The molecule has 1 aliphatic heterocycles. The predicted molar refractivity (Wildman–Crippen MR) is 133 cm³/mol. The van der Waals surface area contributed by atoms with E-state index in [1.54, 1.807) is 17.9 Å². The van der Waals surface area contributed by atoms with Crippen LogP contribution in [-0.4, -0.2) is 64.7 Å². The number of anilines is 1. The first-order valence-electron chi connectivity index (χ1n) is 12.7. The zero-order valence-corrected chi connectivity index (χ0v) is 21.4. The molecule has 1 fully saturated rings. The van der Waals surface area contributed by atoms with Crippen LogP contribution >= 0.6 is 0 Å². The Kier molecular flexibility index (Phi) is 8.48. The van der Waals surface area contributed by atoms with Gasteiger partial charge in [0.1, 0.15) is 22.7 Å². The van der Waals surface area contributed by atoms with Crippen molar-refractivity contribution in [1.82, 2.24) is 20.0 Å². The second kappa shape index (κ2) is 11.8. The molecule has 0 aliphatic carbocycles. The van der Waals surface area contributed by atoms with Crippen LogP contribution in [0.5, 0.6) is 0 Å². The van der Waals surface area contributed by atoms with Crippen molar-refractivity contribution < 1.29 is 32.0 Å². The standard InChI is InChI=1S/C26H30F3N5O4/c1-3-7-19-30-24(34-13-6-12-33(14-15-34)20(35)10-11-21(36)37-4-2)22-23(32-38-25(22)31-19)17-8-5-9-18(16-17)26(27,28)29/h5,8-9,16H,3-4,6-7,10-15H2,1-2H3. The number of carbonyl (C=O) groups is 2. The highest BCUT2D eigenvalue weighted by molar-refractivity contribution is 5.98. The number of aryl methyl sites for hydroxylation is 1. The van der Waals surface area contributed by atoms with Gasteiger partial charge in [-0.05, 0) is 31.9 Å². The minimum Gasteiger partial charge on any atom is -0.466 e. The fourth-order valence-corrected chi connectivity index (χ4v) is 4.46. The van der Waals surface area contributed by atoms with Crippen molar-refractivity contribution in [2.75, 3.05) is 37.7 Å². The SMILES string of the molecule is CCCc1nc(N2CCCN(C(=O)CCC(=O)OCC)CC2)c2c(-c3cccc(C(F)(F)F)c3)noc2n1. The number of alkyl halides is 3. The molecule has 9 nitrogen and oxygen atoms in total. The van der Waals surface area contributed by atoms with E-state index < -0.39 is 17.7 Å². The highest BCUT2D eigenvalue weighted by Gasteiger charge is 2.32. The van der Waals surface area contributed by atoms with Gasteiger partial charge in [0.25, 0.3) is 5.71 Å². The van der Waals surface area contributed by atoms with Crippen LogP contribution < -0.4 is 4.90 Å². The number of hydrogen-bond acceptors (Lipinski definition) is 8. The predicted octanol–water partition coefficient (Wildman–Crippen LogP) is 4.64. The number of amides is 1. The van der Waals surface area contributed by atoms with Crippen molar-refractivity contribution in [1.29, 1.82) is 0 Å². The van der Waals surface area contributed by atoms with Gasteiger partial charge in [0.05, 0.1) is 18.6 Å². The number of hydrogen-bond donors (Lipinski definition) is 0. The quantitative estimate of drug-likeness (QED) is 0.386. The molecule has 0 radical (unpaired) electrons. The molecule has 0 unspecified atom stereocenters. The number of ether oxygens (including phenoxy) is 1. The summed E-state index contributed by atoms with van der Waals surface area (Å²) in [6.07, 6.45) is -2.37. The van der Waals surface area contributed by atoms with Crippen LogP contribution in [0, 0.1) is 0 Å². The van der Waals surface area contributed by atoms with Crippen LogP contribution in [0.1, 0.15) is 50.9 Å². The first-order valence-corrected chi connectivity index (χ1v) is 12.7. The molecule has 0 N–H and O–H groups in total. The van der Waals surface area contributed by atoms with Crippen LogP contribution in [-0.2, 0) is 26.9 Å². The summed E-state index contributed by atoms with van der Waals surface area (Å²) in [7, 11) is 0. The monoisotopic (exact) mass is 533 g/mol. The maximum Gasteiger partial charge on any atom is 0.416 e. The topological polar surface area (TPSA) is 102 Å². The Bertz CT molecular complexity index is 1290. The molecule has 2 aromatic heterocycles. The Morgan fingerprint density at radius 1 is 1.08 bits per heavy atom. The normalized spacial score (nSPS) is 14.6. The highest BCUT2D eigenvalue weighted by atomic mass is 19.4. The van der Waals surface area contributed by atoms with E-state index in [1.807, 2.05) is 11.8 Å². The fraction of sp³-hybridized carbons (Fsp3) is 0.500. The molecule has 12 heteroatoms. The number of halogens is 3. The van der Waals surface area contributed by atoms with Gasteiger partial charge in [0.2, 0.25) is 5.91 Å². The van der Waals surface area contributed by atoms with Crippen molar-refractivity contribution >= 4 is 28.8 Å². The molecule has 4 rings (SSSR count). The van der Waals surface area contributed by atoms with Crippen LogP contribution in [0.2, 0.25) is 0 Å². The average Bonchev–Trinajstić information content (AvgIpc) is 3.15. The van der Waals surface area contributed by atoms with Gasteiger partial charge in [-0.15, -0.1) is 0 Å². The van der Waals surface area contributed by atoms with E-state index in [9.17, 15) is 22.8 Å². The first-order chi connectivity index (χ1) is 18.2. The van der Waals surface area contributed by atoms with E-state index in [4.69, 9.17) is 14.2 Å². The maximum absolute atomic E-state index is 13.4. The maximum atomic E-state index is 13.4. The van der Waals surface area contributed by atoms with Gasteiger partial charge in [-0.25, -0.2) is 4.98 Å². The summed E-state index contributed by atoms with van der Waals surface area (Å²) < 4.78 is 50.5. The molecule has 3 aromatic rings. The molecule has 1 saturated heterocycles. The first kappa shape index (κ1) is 27.3. The summed E-state index contributed by atoms with van der Waals surface area (Å²) >= 11 is 0. The largest absolute Gasteiger partial charge is 0.466 e. The molecule has 0 atom stereocenters. The molecule has 204 valence electrons. The summed E-state index contributed by atoms with van der Waals surface area (Å²) in [6, 6.07) is 4.91. The van der Waals surface area contributed by atoms with Crippen LogP contribution in [0.15, 0.2) is 28.8 Å². The van der Waals surface area contributed by atoms with Crippen molar-refractivity contribution in [2.24, 2.45) is 0 Å². The third kappa shape index (κ3) is 6.22. The highest BCUT2D eigenvalue weighted by Crippen LogP contribution is 2.37. The summed E-state index contributed by atoms with van der Waals surface area (Å²) in [4.78, 5) is 37.3. The molecule has 0 saturated carbocycles. The Hall–Kier alpha value is -3.70.